The molecule has 5 aromatic rings. The highest BCUT2D eigenvalue weighted by Crippen LogP contribution is 2.32. The quantitative estimate of drug-likeness (QED) is 0.120. The van der Waals surface area contributed by atoms with Crippen molar-refractivity contribution in [2.75, 3.05) is 32.8 Å². The Balaban J connectivity index is 1.25. The molecule has 0 spiro atoms. The first-order chi connectivity index (χ1) is 23.4. The molecule has 0 radical (unpaired) electrons. The molecule has 0 unspecified atom stereocenters. The summed E-state index contributed by atoms with van der Waals surface area (Å²) in [5.41, 5.74) is 3.08. The molecule has 1 aliphatic heterocycles. The lowest BCUT2D eigenvalue weighted by atomic mass is 9.96. The summed E-state index contributed by atoms with van der Waals surface area (Å²) < 4.78 is 6.71. The van der Waals surface area contributed by atoms with Crippen LogP contribution in [0.2, 0.25) is 0 Å². The lowest BCUT2D eigenvalue weighted by Crippen LogP contribution is -2.54. The lowest BCUT2D eigenvalue weighted by Gasteiger charge is -2.41. The number of carbonyl (C=O) groups is 3. The van der Waals surface area contributed by atoms with Gasteiger partial charge in [-0.2, -0.15) is 0 Å². The van der Waals surface area contributed by atoms with Crippen molar-refractivity contribution >= 4 is 40.5 Å². The van der Waals surface area contributed by atoms with Gasteiger partial charge in [0.1, 0.15) is 11.1 Å². The van der Waals surface area contributed by atoms with Gasteiger partial charge in [0, 0.05) is 49.9 Å². The second-order valence-electron chi connectivity index (χ2n) is 11.6. The lowest BCUT2D eigenvalue weighted by molar-refractivity contribution is -0.136. The van der Waals surface area contributed by atoms with E-state index >= 15 is 0 Å². The topological polar surface area (TPSA) is 83.0 Å². The Bertz CT molecular complexity index is 1840. The Labute approximate surface area is 285 Å². The Morgan fingerprint density at radius 3 is 2.06 bits per heavy atom. The highest BCUT2D eigenvalue weighted by molar-refractivity contribution is 7.97. The van der Waals surface area contributed by atoms with Crippen LogP contribution in [0.4, 0.5) is 0 Å². The van der Waals surface area contributed by atoms with E-state index in [9.17, 15) is 14.4 Å². The number of hydrogen-bond acceptors (Lipinski definition) is 7. The molecule has 0 saturated carbocycles. The first kappa shape index (κ1) is 32.9. The minimum absolute atomic E-state index is 0.0639. The van der Waals surface area contributed by atoms with Gasteiger partial charge in [0.05, 0.1) is 18.2 Å². The van der Waals surface area contributed by atoms with E-state index in [2.05, 4.69) is 58.4 Å². The molecule has 1 aromatic heterocycles. The van der Waals surface area contributed by atoms with E-state index in [0.29, 0.717) is 36.8 Å². The van der Waals surface area contributed by atoms with Crippen molar-refractivity contribution in [1.29, 1.82) is 0 Å². The van der Waals surface area contributed by atoms with Gasteiger partial charge in [-0.1, -0.05) is 91.0 Å². The zero-order valence-electron chi connectivity index (χ0n) is 27.1. The summed E-state index contributed by atoms with van der Waals surface area (Å²) in [5, 5.41) is 2.22. The van der Waals surface area contributed by atoms with Crippen molar-refractivity contribution in [2.45, 2.75) is 31.0 Å². The number of hydrogen-bond donors (Lipinski definition) is 0. The molecule has 48 heavy (non-hydrogen) atoms. The summed E-state index contributed by atoms with van der Waals surface area (Å²) >= 11 is 0.992. The molecule has 2 amide bonds. The normalized spacial score (nSPS) is 14.1. The zero-order chi connectivity index (χ0) is 33.5. The van der Waals surface area contributed by atoms with E-state index in [4.69, 9.17) is 4.74 Å². The van der Waals surface area contributed by atoms with Crippen LogP contribution in [-0.2, 0) is 9.53 Å². The number of aromatic nitrogens is 1. The van der Waals surface area contributed by atoms with Crippen LogP contribution in [0.3, 0.4) is 0 Å². The molecule has 0 bridgehead atoms. The number of ether oxygens (including phenoxy) is 1. The molecule has 0 aliphatic carbocycles. The number of esters is 1. The highest BCUT2D eigenvalue weighted by atomic mass is 32.2. The van der Waals surface area contributed by atoms with E-state index in [0.717, 1.165) is 22.7 Å². The maximum absolute atomic E-state index is 14.3. The first-order valence-corrected chi connectivity index (χ1v) is 17.0. The van der Waals surface area contributed by atoms with Crippen molar-refractivity contribution in [3.05, 3.63) is 144 Å². The molecule has 1 atom stereocenters. The summed E-state index contributed by atoms with van der Waals surface area (Å²) in [6.07, 6.45) is 1.56. The van der Waals surface area contributed by atoms with Crippen molar-refractivity contribution in [3.63, 3.8) is 0 Å². The second kappa shape index (κ2) is 15.3. The summed E-state index contributed by atoms with van der Waals surface area (Å²) in [5.74, 6) is -1.05. The molecule has 1 saturated heterocycles. The largest absolute Gasteiger partial charge is 0.462 e. The van der Waals surface area contributed by atoms with Crippen LogP contribution in [0.25, 0.3) is 10.8 Å². The SMILES string of the molecule is CCOC(=O)c1cccnc1SN(C(=O)c1ccc2ccccc2c1)[C@H](C)C(=O)N1CCN(C(c2ccccc2)c2ccccc2)CC1. The van der Waals surface area contributed by atoms with Crippen molar-refractivity contribution in [3.8, 4) is 0 Å². The van der Waals surface area contributed by atoms with Gasteiger partial charge in [-0.15, -0.1) is 0 Å². The van der Waals surface area contributed by atoms with Gasteiger partial charge in [-0.05, 0) is 60.0 Å². The third-order valence-electron chi connectivity index (χ3n) is 8.58. The summed E-state index contributed by atoms with van der Waals surface area (Å²) in [6.45, 7) is 6.05. The van der Waals surface area contributed by atoms with Gasteiger partial charge in [-0.3, -0.25) is 18.8 Å². The van der Waals surface area contributed by atoms with Crippen molar-refractivity contribution < 1.29 is 19.1 Å². The number of amides is 2. The first-order valence-electron chi connectivity index (χ1n) is 16.2. The van der Waals surface area contributed by atoms with Gasteiger partial charge in [0.2, 0.25) is 5.91 Å². The minimum Gasteiger partial charge on any atom is -0.462 e. The smallest absolute Gasteiger partial charge is 0.340 e. The molecule has 8 nitrogen and oxygen atoms in total. The zero-order valence-corrected chi connectivity index (χ0v) is 27.9. The Morgan fingerprint density at radius 1 is 0.792 bits per heavy atom. The highest BCUT2D eigenvalue weighted by Gasteiger charge is 2.35. The molecular formula is C39H38N4O4S. The average molecular weight is 659 g/mol. The fraction of sp³-hybridized carbons (Fsp3) is 0.231. The Morgan fingerprint density at radius 2 is 1.42 bits per heavy atom. The monoisotopic (exact) mass is 658 g/mol. The van der Waals surface area contributed by atoms with Gasteiger partial charge < -0.3 is 9.64 Å². The number of nitrogens with zero attached hydrogens (tertiary/aromatic N) is 4. The molecule has 1 aliphatic rings. The van der Waals surface area contributed by atoms with Gasteiger partial charge in [-0.25, -0.2) is 9.78 Å². The van der Waals surface area contributed by atoms with Crippen LogP contribution < -0.4 is 0 Å². The molecule has 9 heteroatoms. The molecule has 6 rings (SSSR count). The van der Waals surface area contributed by atoms with Crippen LogP contribution in [-0.4, -0.2) is 75.7 Å². The molecule has 244 valence electrons. The average Bonchev–Trinajstić information content (AvgIpc) is 3.14. The minimum atomic E-state index is -0.850. The molecule has 2 heterocycles. The van der Waals surface area contributed by atoms with Crippen LogP contribution in [0.15, 0.2) is 126 Å². The summed E-state index contributed by atoms with van der Waals surface area (Å²) in [7, 11) is 0. The third-order valence-corrected chi connectivity index (χ3v) is 9.76. The Hall–Kier alpha value is -4.99. The number of piperazine rings is 1. The van der Waals surface area contributed by atoms with Gasteiger partial charge in [0.25, 0.3) is 5.91 Å². The second-order valence-corrected chi connectivity index (χ2v) is 12.6. The summed E-state index contributed by atoms with van der Waals surface area (Å²) in [4.78, 5) is 50.0. The molecule has 4 aromatic carbocycles. The summed E-state index contributed by atoms with van der Waals surface area (Å²) in [6, 6.07) is 36.7. The number of carbonyl (C=O) groups excluding carboxylic acids is 3. The fourth-order valence-electron chi connectivity index (χ4n) is 6.12. The van der Waals surface area contributed by atoms with E-state index in [1.807, 2.05) is 53.4 Å². The van der Waals surface area contributed by atoms with Crippen LogP contribution in [0.5, 0.6) is 0 Å². The van der Waals surface area contributed by atoms with Crippen molar-refractivity contribution in [2.24, 2.45) is 0 Å². The molecular weight excluding hydrogens is 621 g/mol. The molecule has 1 fully saturated rings. The van der Waals surface area contributed by atoms with Crippen LogP contribution >= 0.6 is 11.9 Å². The number of benzene rings is 4. The fourth-order valence-corrected chi connectivity index (χ4v) is 7.10. The third kappa shape index (κ3) is 7.27. The van der Waals surface area contributed by atoms with E-state index in [-0.39, 0.29) is 30.0 Å². The maximum atomic E-state index is 14.3. The van der Waals surface area contributed by atoms with Crippen molar-refractivity contribution in [1.82, 2.24) is 19.1 Å². The van der Waals surface area contributed by atoms with Crippen LogP contribution in [0, 0.1) is 0 Å². The van der Waals surface area contributed by atoms with E-state index in [1.54, 1.807) is 38.2 Å². The van der Waals surface area contributed by atoms with Gasteiger partial charge in [0.15, 0.2) is 0 Å². The van der Waals surface area contributed by atoms with Crippen LogP contribution in [0.1, 0.15) is 51.7 Å². The molecule has 0 N–H and O–H groups in total. The number of pyridine rings is 1. The predicted molar refractivity (Wildman–Crippen MR) is 189 cm³/mol. The Kier molecular flexibility index (Phi) is 10.5. The van der Waals surface area contributed by atoms with E-state index in [1.165, 1.54) is 15.4 Å². The van der Waals surface area contributed by atoms with E-state index < -0.39 is 12.0 Å². The number of fused-ring (bicyclic) bond motifs is 1. The van der Waals surface area contributed by atoms with Gasteiger partial charge >= 0.3 is 5.97 Å². The standard InChI is InChI=1S/C39H38N4O4S/c1-3-47-39(46)34-19-12-22-40-36(34)48-43(38(45)33-21-20-29-13-10-11-18-32(29)27-33)28(2)37(44)42-25-23-41(24-26-42)35(30-14-6-4-7-15-30)31-16-8-5-9-17-31/h4-22,27-28,35H,3,23-26H2,1-2H3/t28-/m1/s1. The predicted octanol–water partition coefficient (Wildman–Crippen LogP) is 6.88. The number of rotatable bonds is 10. The maximum Gasteiger partial charge on any atom is 0.340 e.